The van der Waals surface area contributed by atoms with E-state index in [-0.39, 0.29) is 5.11 Å². The van der Waals surface area contributed by atoms with Crippen LogP contribution < -0.4 is 26.7 Å². The quantitative estimate of drug-likeness (QED) is 0.452. The van der Waals surface area contributed by atoms with Crippen LogP contribution in [-0.2, 0) is 0 Å². The highest BCUT2D eigenvalue weighted by Gasteiger charge is 2.08. The van der Waals surface area contributed by atoms with Crippen LogP contribution in [0.15, 0.2) is 88.5 Å². The van der Waals surface area contributed by atoms with Gasteiger partial charge in [0.1, 0.15) is 11.5 Å². The molecule has 4 rings (SSSR count). The molecule has 1 heterocycles. The first-order valence-electron chi connectivity index (χ1n) is 8.75. The number of nitrogens with one attached hydrogen (secondary N) is 3. The van der Waals surface area contributed by atoms with Crippen LogP contribution >= 0.6 is 12.2 Å². The van der Waals surface area contributed by atoms with E-state index < -0.39 is 11.2 Å². The number of aromatic amines is 1. The van der Waals surface area contributed by atoms with Gasteiger partial charge in [-0.1, -0.05) is 30.3 Å². The van der Waals surface area contributed by atoms with Gasteiger partial charge in [0.2, 0.25) is 0 Å². The Hall–Kier alpha value is -3.91. The molecule has 0 aliphatic carbocycles. The maximum atomic E-state index is 12.5. The molecule has 0 saturated carbocycles. The van der Waals surface area contributed by atoms with Gasteiger partial charge in [-0.05, 0) is 60.7 Å². The lowest BCUT2D eigenvalue weighted by atomic mass is 10.2. The fourth-order valence-electron chi connectivity index (χ4n) is 2.76. The van der Waals surface area contributed by atoms with Crippen molar-refractivity contribution in [2.75, 3.05) is 10.7 Å². The molecule has 8 heteroatoms. The van der Waals surface area contributed by atoms with Gasteiger partial charge in [0.05, 0.1) is 10.9 Å². The Labute approximate surface area is 170 Å². The van der Waals surface area contributed by atoms with Crippen molar-refractivity contribution in [3.05, 3.63) is 99.7 Å². The summed E-state index contributed by atoms with van der Waals surface area (Å²) in [5.41, 5.74) is 2.67. The number of nitrogens with zero attached hydrogens (tertiary/aromatic N) is 1. The molecule has 0 saturated heterocycles. The average Bonchev–Trinajstić information content (AvgIpc) is 2.73. The highest BCUT2D eigenvalue weighted by atomic mass is 32.1. The number of aromatic nitrogens is 2. The Kier molecular flexibility index (Phi) is 5.08. The Morgan fingerprint density at radius 3 is 2.28 bits per heavy atom. The molecule has 1 aromatic heterocycles. The molecule has 0 atom stereocenters. The van der Waals surface area contributed by atoms with Gasteiger partial charge in [-0.2, -0.15) is 4.68 Å². The van der Waals surface area contributed by atoms with Gasteiger partial charge >= 0.3 is 5.69 Å². The van der Waals surface area contributed by atoms with Gasteiger partial charge in [0, 0.05) is 5.69 Å². The van der Waals surface area contributed by atoms with E-state index in [1.165, 1.54) is 0 Å². The molecule has 0 aliphatic heterocycles. The molecule has 7 nitrogen and oxygen atoms in total. The van der Waals surface area contributed by atoms with Crippen molar-refractivity contribution in [1.82, 2.24) is 9.66 Å². The second-order valence-electron chi connectivity index (χ2n) is 6.12. The Bertz CT molecular complexity index is 1280. The largest absolute Gasteiger partial charge is 0.457 e. The summed E-state index contributed by atoms with van der Waals surface area (Å²) < 4.78 is 6.58. The fourth-order valence-corrected chi connectivity index (χ4v) is 2.96. The maximum Gasteiger partial charge on any atom is 0.348 e. The first-order chi connectivity index (χ1) is 14.1. The third-order valence-electron chi connectivity index (χ3n) is 4.11. The minimum atomic E-state index is -0.607. The first-order valence-corrected chi connectivity index (χ1v) is 9.16. The van der Waals surface area contributed by atoms with Crippen LogP contribution in [0, 0.1) is 0 Å². The lowest BCUT2D eigenvalue weighted by Gasteiger charge is -2.12. The van der Waals surface area contributed by atoms with E-state index >= 15 is 0 Å². The van der Waals surface area contributed by atoms with E-state index in [1.807, 2.05) is 30.3 Å². The van der Waals surface area contributed by atoms with E-state index in [9.17, 15) is 9.59 Å². The molecule has 0 aliphatic rings. The zero-order chi connectivity index (χ0) is 20.2. The second-order valence-corrected chi connectivity index (χ2v) is 6.53. The molecule has 3 aromatic carbocycles. The SMILES string of the molecule is O=c1[nH]c2ccccc2c(=O)n1NC(=S)Nc1ccc(Oc2ccccc2)cc1. The molecule has 0 spiro atoms. The van der Waals surface area contributed by atoms with Crippen molar-refractivity contribution < 1.29 is 4.74 Å². The molecule has 29 heavy (non-hydrogen) atoms. The molecule has 0 bridgehead atoms. The first kappa shape index (κ1) is 18.5. The maximum absolute atomic E-state index is 12.5. The zero-order valence-electron chi connectivity index (χ0n) is 15.1. The van der Waals surface area contributed by atoms with Crippen LogP contribution in [-0.4, -0.2) is 14.8 Å². The summed E-state index contributed by atoms with van der Waals surface area (Å²) >= 11 is 5.23. The van der Waals surface area contributed by atoms with E-state index in [0.29, 0.717) is 22.3 Å². The number of ether oxygens (including phenoxy) is 1. The summed E-state index contributed by atoms with van der Waals surface area (Å²) in [6, 6.07) is 23.3. The van der Waals surface area contributed by atoms with Gasteiger partial charge < -0.3 is 15.0 Å². The van der Waals surface area contributed by atoms with Crippen molar-refractivity contribution in [3.63, 3.8) is 0 Å². The fraction of sp³-hybridized carbons (Fsp3) is 0. The van der Waals surface area contributed by atoms with E-state index in [0.717, 1.165) is 10.4 Å². The highest BCUT2D eigenvalue weighted by Crippen LogP contribution is 2.22. The van der Waals surface area contributed by atoms with Crippen LogP contribution in [0.3, 0.4) is 0 Å². The van der Waals surface area contributed by atoms with Crippen molar-refractivity contribution in [2.45, 2.75) is 0 Å². The molecule has 3 N–H and O–H groups in total. The number of benzene rings is 3. The van der Waals surface area contributed by atoms with Crippen LogP contribution in [0.4, 0.5) is 5.69 Å². The molecular formula is C21H16N4O3S. The molecular weight excluding hydrogens is 388 g/mol. The van der Waals surface area contributed by atoms with Gasteiger partial charge in [-0.15, -0.1) is 0 Å². The third kappa shape index (κ3) is 4.17. The minimum Gasteiger partial charge on any atom is -0.457 e. The highest BCUT2D eigenvalue weighted by molar-refractivity contribution is 7.80. The predicted octanol–water partition coefficient (Wildman–Crippen LogP) is 3.42. The van der Waals surface area contributed by atoms with Crippen molar-refractivity contribution in [2.24, 2.45) is 0 Å². The monoisotopic (exact) mass is 404 g/mol. The predicted molar refractivity (Wildman–Crippen MR) is 117 cm³/mol. The Morgan fingerprint density at radius 1 is 0.862 bits per heavy atom. The third-order valence-corrected chi connectivity index (χ3v) is 4.30. The van der Waals surface area contributed by atoms with Gasteiger partial charge in [0.15, 0.2) is 5.11 Å². The van der Waals surface area contributed by atoms with Crippen molar-refractivity contribution in [1.29, 1.82) is 0 Å². The van der Waals surface area contributed by atoms with Crippen molar-refractivity contribution >= 4 is 33.9 Å². The van der Waals surface area contributed by atoms with Gasteiger partial charge in [-0.25, -0.2) is 4.79 Å². The molecule has 4 aromatic rings. The zero-order valence-corrected chi connectivity index (χ0v) is 15.9. The lowest BCUT2D eigenvalue weighted by molar-refractivity contribution is 0.483. The Morgan fingerprint density at radius 2 is 1.52 bits per heavy atom. The van der Waals surface area contributed by atoms with Crippen LogP contribution in [0.25, 0.3) is 10.9 Å². The summed E-state index contributed by atoms with van der Waals surface area (Å²) in [4.78, 5) is 27.4. The second kappa shape index (κ2) is 7.99. The number of anilines is 1. The summed E-state index contributed by atoms with van der Waals surface area (Å²) in [6.07, 6.45) is 0. The topological polar surface area (TPSA) is 88.2 Å². The average molecular weight is 404 g/mol. The number of H-pyrrole nitrogens is 1. The molecule has 0 radical (unpaired) electrons. The number of fused-ring (bicyclic) bond motifs is 1. The summed E-state index contributed by atoms with van der Waals surface area (Å²) in [6.45, 7) is 0. The summed E-state index contributed by atoms with van der Waals surface area (Å²) in [7, 11) is 0. The summed E-state index contributed by atoms with van der Waals surface area (Å²) in [5.74, 6) is 1.41. The number of rotatable bonds is 4. The number of hydrogen-bond donors (Lipinski definition) is 3. The van der Waals surface area contributed by atoms with Gasteiger partial charge in [0.25, 0.3) is 5.56 Å². The molecule has 0 unspecified atom stereocenters. The number of para-hydroxylation sites is 2. The standard InChI is InChI=1S/C21H16N4O3S/c26-19-17-8-4-5-9-18(17)23-21(27)25(19)24-20(29)22-14-10-12-16(13-11-14)28-15-6-2-1-3-7-15/h1-13H,(H,23,27)(H2,22,24,29). The van der Waals surface area contributed by atoms with Crippen LogP contribution in [0.2, 0.25) is 0 Å². The van der Waals surface area contributed by atoms with Gasteiger partial charge in [-0.3, -0.25) is 10.2 Å². The van der Waals surface area contributed by atoms with E-state index in [4.69, 9.17) is 17.0 Å². The summed E-state index contributed by atoms with van der Waals surface area (Å²) in [5, 5.41) is 3.42. The Balaban J connectivity index is 1.47. The number of thiocarbonyl (C=S) groups is 1. The van der Waals surface area contributed by atoms with E-state index in [1.54, 1.807) is 48.5 Å². The van der Waals surface area contributed by atoms with Crippen LogP contribution in [0.5, 0.6) is 11.5 Å². The van der Waals surface area contributed by atoms with Crippen molar-refractivity contribution in [3.8, 4) is 11.5 Å². The van der Waals surface area contributed by atoms with E-state index in [2.05, 4.69) is 15.7 Å². The molecule has 144 valence electrons. The van der Waals surface area contributed by atoms with Crippen LogP contribution in [0.1, 0.15) is 0 Å². The normalized spacial score (nSPS) is 10.5. The minimum absolute atomic E-state index is 0.101. The molecule has 0 amide bonds. The smallest absolute Gasteiger partial charge is 0.348 e. The lowest BCUT2D eigenvalue weighted by Crippen LogP contribution is -2.44. The molecule has 0 fully saturated rings. The number of hydrogen-bond acceptors (Lipinski definition) is 4.